The van der Waals surface area contributed by atoms with Gasteiger partial charge in [-0.2, -0.15) is 0 Å². The van der Waals surface area contributed by atoms with Crippen molar-refractivity contribution in [2.75, 3.05) is 26.2 Å². The Hall–Kier alpha value is -3.08. The molecule has 4 bridgehead atoms. The second-order valence-electron chi connectivity index (χ2n) is 11.2. The summed E-state index contributed by atoms with van der Waals surface area (Å²) in [6.45, 7) is 1.15. The van der Waals surface area contributed by atoms with Gasteiger partial charge in [0.1, 0.15) is 23.6 Å². The molecule has 3 rings (SSSR count). The van der Waals surface area contributed by atoms with E-state index in [1.165, 1.54) is 12.1 Å². The average Bonchev–Trinajstić information content (AvgIpc) is 3.01. The van der Waals surface area contributed by atoms with Gasteiger partial charge in [0.15, 0.2) is 0 Å². The van der Waals surface area contributed by atoms with Gasteiger partial charge in [-0.1, -0.05) is 12.1 Å². The minimum Gasteiger partial charge on any atom is -0.508 e. The van der Waals surface area contributed by atoms with Gasteiger partial charge in [-0.05, 0) is 85.3 Å². The van der Waals surface area contributed by atoms with Gasteiger partial charge >= 0.3 is 0 Å². The maximum absolute atomic E-state index is 13.8. The molecule has 14 N–H and O–H groups in total. The standard InChI is InChI=1S/C31H46N8O6.4ClH/c32-9-1-3-22(17-28(42)36-12-11-34)37-31(45)25-16-21-14-19(6-8-27(21)41)18-5-7-26(40)20(13-18)15-23(35)29(43)38-24(4-2-10-33)30(44)39-25;;;;/h5-8,13-14,22-25,40-41H,1-4,9-12,15-17,32-35H2,(H,36,42)(H,37,45)(H,38,43)(H,39,44);4*1H/t22-,23-,24-,25-;;;;/m0..../s1. The molecule has 0 fully saturated rings. The SMILES string of the molecule is Cl.Cl.Cl.Cl.NCCC[C@@H](CC(=O)NCCN)NC(=O)[C@@H]1Cc2cc(ccc2O)-c2ccc(O)c(c2)C[C@H](N)C(=O)N[C@@H](CCCN)C(=O)N1. The molecule has 0 radical (unpaired) electrons. The Morgan fingerprint density at radius 3 is 1.94 bits per heavy atom. The summed E-state index contributed by atoms with van der Waals surface area (Å²) in [5, 5.41) is 32.2. The molecular weight excluding hydrogens is 722 g/mol. The summed E-state index contributed by atoms with van der Waals surface area (Å²) in [5.74, 6) is -2.27. The normalized spacial score (nSPS) is 17.8. The molecule has 0 unspecified atom stereocenters. The number of rotatable bonds is 12. The predicted octanol–water partition coefficient (Wildman–Crippen LogP) is 0.275. The minimum atomic E-state index is -1.20. The average molecular weight is 773 g/mol. The molecule has 2 aromatic carbocycles. The lowest BCUT2D eigenvalue weighted by Crippen LogP contribution is -2.57. The fourth-order valence-corrected chi connectivity index (χ4v) is 5.16. The number of phenols is 2. The number of nitrogens with one attached hydrogen (secondary N) is 4. The molecule has 49 heavy (non-hydrogen) atoms. The molecule has 1 heterocycles. The van der Waals surface area contributed by atoms with E-state index < -0.39 is 41.9 Å². The van der Waals surface area contributed by atoms with Crippen LogP contribution in [-0.2, 0) is 32.0 Å². The smallest absolute Gasteiger partial charge is 0.243 e. The molecule has 0 saturated heterocycles. The van der Waals surface area contributed by atoms with E-state index in [9.17, 15) is 29.4 Å². The molecule has 1 aliphatic heterocycles. The van der Waals surface area contributed by atoms with E-state index in [4.69, 9.17) is 22.9 Å². The van der Waals surface area contributed by atoms with Crippen LogP contribution in [0.2, 0.25) is 0 Å². The molecule has 2 aromatic rings. The summed E-state index contributed by atoms with van der Waals surface area (Å²) in [5.41, 5.74) is 25.2. The van der Waals surface area contributed by atoms with Crippen molar-refractivity contribution in [1.29, 1.82) is 0 Å². The lowest BCUT2D eigenvalue weighted by Gasteiger charge is -2.26. The van der Waals surface area contributed by atoms with Crippen LogP contribution >= 0.6 is 49.6 Å². The molecular formula is C31H50Cl4N8O6. The van der Waals surface area contributed by atoms with Gasteiger partial charge < -0.3 is 54.4 Å². The minimum absolute atomic E-state index is 0. The number of benzene rings is 2. The van der Waals surface area contributed by atoms with E-state index in [2.05, 4.69) is 21.3 Å². The van der Waals surface area contributed by atoms with Crippen molar-refractivity contribution in [2.45, 2.75) is 69.1 Å². The molecule has 18 heteroatoms. The Bertz CT molecular complexity index is 1360. The first kappa shape index (κ1) is 48.0. The lowest BCUT2D eigenvalue weighted by molar-refractivity contribution is -0.133. The maximum atomic E-state index is 13.8. The van der Waals surface area contributed by atoms with E-state index in [-0.39, 0.29) is 112 Å². The molecule has 4 atom stereocenters. The molecule has 0 saturated carbocycles. The Balaban J connectivity index is 0. The first-order valence-electron chi connectivity index (χ1n) is 15.2. The largest absolute Gasteiger partial charge is 0.508 e. The van der Waals surface area contributed by atoms with Gasteiger partial charge in [-0.15, -0.1) is 49.6 Å². The first-order chi connectivity index (χ1) is 21.6. The number of carbonyl (C=O) groups excluding carboxylic acids is 4. The molecule has 0 aromatic heterocycles. The zero-order valence-electron chi connectivity index (χ0n) is 27.0. The van der Waals surface area contributed by atoms with Gasteiger partial charge in [-0.3, -0.25) is 19.2 Å². The van der Waals surface area contributed by atoms with Gasteiger partial charge in [-0.25, -0.2) is 0 Å². The third-order valence-corrected chi connectivity index (χ3v) is 7.66. The monoisotopic (exact) mass is 770 g/mol. The van der Waals surface area contributed by atoms with Crippen LogP contribution < -0.4 is 44.2 Å². The van der Waals surface area contributed by atoms with Gasteiger partial charge in [0.2, 0.25) is 23.6 Å². The van der Waals surface area contributed by atoms with E-state index in [0.29, 0.717) is 48.1 Å². The van der Waals surface area contributed by atoms with E-state index >= 15 is 0 Å². The van der Waals surface area contributed by atoms with E-state index in [1.807, 2.05) is 0 Å². The highest BCUT2D eigenvalue weighted by Gasteiger charge is 2.30. The zero-order chi connectivity index (χ0) is 32.9. The number of nitrogens with two attached hydrogens (primary N) is 4. The van der Waals surface area contributed by atoms with Crippen molar-refractivity contribution in [3.8, 4) is 22.6 Å². The third-order valence-electron chi connectivity index (χ3n) is 7.66. The van der Waals surface area contributed by atoms with Crippen LogP contribution in [0.25, 0.3) is 11.1 Å². The Kier molecular flexibility index (Phi) is 23.7. The molecule has 0 aliphatic carbocycles. The number of fused-ring (bicyclic) bond motifs is 5. The molecule has 0 spiro atoms. The Morgan fingerprint density at radius 1 is 0.816 bits per heavy atom. The fraction of sp³-hybridized carbons (Fsp3) is 0.484. The Morgan fingerprint density at radius 2 is 1.39 bits per heavy atom. The van der Waals surface area contributed by atoms with Crippen LogP contribution in [0.5, 0.6) is 11.5 Å². The van der Waals surface area contributed by atoms with Gasteiger partial charge in [0.05, 0.1) is 6.04 Å². The molecule has 1 aliphatic rings. The molecule has 278 valence electrons. The van der Waals surface area contributed by atoms with Crippen LogP contribution in [-0.4, -0.2) is 84.2 Å². The first-order valence-corrected chi connectivity index (χ1v) is 15.2. The summed E-state index contributed by atoms with van der Waals surface area (Å²) < 4.78 is 0. The van der Waals surface area contributed by atoms with Gasteiger partial charge in [0, 0.05) is 38.4 Å². The molecule has 14 nitrogen and oxygen atoms in total. The van der Waals surface area contributed by atoms with Crippen LogP contribution in [0.15, 0.2) is 36.4 Å². The number of amides is 4. The van der Waals surface area contributed by atoms with Crippen molar-refractivity contribution in [2.24, 2.45) is 22.9 Å². The van der Waals surface area contributed by atoms with Crippen LogP contribution in [0.1, 0.15) is 43.2 Å². The second-order valence-corrected chi connectivity index (χ2v) is 11.2. The number of halogens is 4. The highest BCUT2D eigenvalue weighted by molar-refractivity contribution is 5.93. The maximum Gasteiger partial charge on any atom is 0.243 e. The summed E-state index contributed by atoms with van der Waals surface area (Å²) in [6, 6.07) is 5.80. The fourth-order valence-electron chi connectivity index (χ4n) is 5.16. The summed E-state index contributed by atoms with van der Waals surface area (Å²) >= 11 is 0. The highest BCUT2D eigenvalue weighted by Crippen LogP contribution is 2.31. The number of phenolic OH excluding ortho intramolecular Hbond substituents is 2. The van der Waals surface area contributed by atoms with E-state index in [1.54, 1.807) is 24.3 Å². The van der Waals surface area contributed by atoms with Crippen molar-refractivity contribution >= 4 is 73.3 Å². The number of hydrogen-bond donors (Lipinski definition) is 10. The zero-order valence-corrected chi connectivity index (χ0v) is 30.3. The molecule has 4 amide bonds. The van der Waals surface area contributed by atoms with Crippen LogP contribution in [0.4, 0.5) is 0 Å². The van der Waals surface area contributed by atoms with Crippen molar-refractivity contribution in [3.05, 3.63) is 47.5 Å². The Labute approximate surface area is 311 Å². The van der Waals surface area contributed by atoms with Crippen molar-refractivity contribution in [1.82, 2.24) is 21.3 Å². The van der Waals surface area contributed by atoms with Crippen LogP contribution in [0, 0.1) is 0 Å². The van der Waals surface area contributed by atoms with Crippen LogP contribution in [0.3, 0.4) is 0 Å². The lowest BCUT2D eigenvalue weighted by atomic mass is 9.95. The second kappa shape index (κ2) is 24.1. The summed E-state index contributed by atoms with van der Waals surface area (Å²) in [7, 11) is 0. The topological polar surface area (TPSA) is 261 Å². The summed E-state index contributed by atoms with van der Waals surface area (Å²) in [4.78, 5) is 53.0. The number of carbonyl (C=O) groups is 4. The van der Waals surface area contributed by atoms with Crippen molar-refractivity contribution < 1.29 is 29.4 Å². The summed E-state index contributed by atoms with van der Waals surface area (Å²) in [6.07, 6.45) is 1.39. The quantitative estimate of drug-likeness (QED) is 0.141. The number of aromatic hydroxyl groups is 2. The number of hydrogen-bond acceptors (Lipinski definition) is 10. The third kappa shape index (κ3) is 14.7. The van der Waals surface area contributed by atoms with Gasteiger partial charge in [0.25, 0.3) is 0 Å². The van der Waals surface area contributed by atoms with Crippen molar-refractivity contribution in [3.63, 3.8) is 0 Å². The predicted molar refractivity (Wildman–Crippen MR) is 199 cm³/mol. The van der Waals surface area contributed by atoms with E-state index in [0.717, 1.165) is 0 Å². The highest BCUT2D eigenvalue weighted by atomic mass is 35.5.